The molecule has 0 saturated heterocycles. The van der Waals surface area contributed by atoms with Crippen LogP contribution in [0.5, 0.6) is 5.75 Å². The number of anilines is 1. The summed E-state index contributed by atoms with van der Waals surface area (Å²) in [6.07, 6.45) is 2.68. The third-order valence-corrected chi connectivity index (χ3v) is 2.70. The quantitative estimate of drug-likeness (QED) is 0.915. The van der Waals surface area contributed by atoms with Crippen LogP contribution in [-0.4, -0.2) is 17.0 Å². The van der Waals surface area contributed by atoms with E-state index < -0.39 is 6.10 Å². The number of nitrogens with one attached hydrogen (secondary N) is 1. The first kappa shape index (κ1) is 13.1. The molecule has 1 aromatic carbocycles. The molecule has 1 atom stereocenters. The fourth-order valence-electron chi connectivity index (χ4n) is 1.61. The number of aromatic nitrogens is 1. The molecular weight excluding hydrogens is 240 g/mol. The molecule has 1 N–H and O–H groups in total. The Labute approximate surface area is 112 Å². The van der Waals surface area contributed by atoms with Gasteiger partial charge in [-0.2, -0.15) is 0 Å². The van der Waals surface area contributed by atoms with Crippen molar-refractivity contribution in [3.05, 3.63) is 54.4 Å². The van der Waals surface area contributed by atoms with E-state index in [9.17, 15) is 4.79 Å². The molecule has 0 unspecified atom stereocenters. The maximum absolute atomic E-state index is 12.0. The monoisotopic (exact) mass is 256 g/mol. The Morgan fingerprint density at radius 3 is 2.74 bits per heavy atom. The number of carbonyl (C=O) groups is 1. The zero-order valence-corrected chi connectivity index (χ0v) is 11.0. The molecular formula is C15H16N2O2. The summed E-state index contributed by atoms with van der Waals surface area (Å²) in [5.41, 5.74) is 1.66. The molecule has 0 aliphatic heterocycles. The summed E-state index contributed by atoms with van der Waals surface area (Å²) in [5.74, 6) is 0.521. The molecule has 4 heteroatoms. The number of aryl methyl sites for hydroxylation is 1. The average Bonchev–Trinajstić information content (AvgIpc) is 2.42. The summed E-state index contributed by atoms with van der Waals surface area (Å²) in [6.45, 7) is 3.67. The number of pyridine rings is 1. The summed E-state index contributed by atoms with van der Waals surface area (Å²) in [4.78, 5) is 15.9. The molecule has 0 radical (unpaired) electrons. The predicted octanol–water partition coefficient (Wildman–Crippen LogP) is 2.80. The number of hydrogen-bond acceptors (Lipinski definition) is 3. The van der Waals surface area contributed by atoms with Crippen molar-refractivity contribution in [1.82, 2.24) is 4.98 Å². The van der Waals surface area contributed by atoms with Crippen molar-refractivity contribution in [2.24, 2.45) is 0 Å². The lowest BCUT2D eigenvalue weighted by atomic mass is 10.2. The van der Waals surface area contributed by atoms with Gasteiger partial charge in [-0.05, 0) is 37.6 Å². The molecule has 0 fully saturated rings. The molecule has 0 spiro atoms. The second-order valence-corrected chi connectivity index (χ2v) is 4.26. The van der Waals surface area contributed by atoms with Crippen molar-refractivity contribution in [3.8, 4) is 5.75 Å². The van der Waals surface area contributed by atoms with Gasteiger partial charge < -0.3 is 10.1 Å². The minimum atomic E-state index is -0.568. The molecule has 1 aromatic heterocycles. The van der Waals surface area contributed by atoms with Crippen LogP contribution in [0.3, 0.4) is 0 Å². The van der Waals surface area contributed by atoms with Crippen molar-refractivity contribution in [3.63, 3.8) is 0 Å². The van der Waals surface area contributed by atoms with Crippen LogP contribution in [0.25, 0.3) is 0 Å². The Bertz CT molecular complexity index is 555. The maximum Gasteiger partial charge on any atom is 0.265 e. The summed E-state index contributed by atoms with van der Waals surface area (Å²) in [7, 11) is 0. The first-order valence-corrected chi connectivity index (χ1v) is 6.10. The van der Waals surface area contributed by atoms with Crippen molar-refractivity contribution in [1.29, 1.82) is 0 Å². The molecule has 98 valence electrons. The van der Waals surface area contributed by atoms with Crippen LogP contribution in [0.2, 0.25) is 0 Å². The Morgan fingerprint density at radius 2 is 2.05 bits per heavy atom. The number of nitrogens with zero attached hydrogens (tertiary/aromatic N) is 1. The standard InChI is InChI=1S/C15H16N2O2/c1-11-6-3-4-8-14(11)19-12(2)15(18)17-13-7-5-9-16-10-13/h3-10,12H,1-2H3,(H,17,18)/t12-/m0/s1. The first-order valence-electron chi connectivity index (χ1n) is 6.10. The largest absolute Gasteiger partial charge is 0.481 e. The van der Waals surface area contributed by atoms with Crippen LogP contribution in [0.15, 0.2) is 48.8 Å². The van der Waals surface area contributed by atoms with Gasteiger partial charge in [0.15, 0.2) is 6.10 Å². The van der Waals surface area contributed by atoms with Gasteiger partial charge in [-0.3, -0.25) is 9.78 Å². The molecule has 0 bridgehead atoms. The first-order chi connectivity index (χ1) is 9.16. The number of hydrogen-bond donors (Lipinski definition) is 1. The molecule has 1 heterocycles. The van der Waals surface area contributed by atoms with Crippen LogP contribution in [0.1, 0.15) is 12.5 Å². The van der Waals surface area contributed by atoms with Gasteiger partial charge in [0.2, 0.25) is 0 Å². The van der Waals surface area contributed by atoms with E-state index in [2.05, 4.69) is 10.3 Å². The van der Waals surface area contributed by atoms with Crippen LogP contribution in [0.4, 0.5) is 5.69 Å². The smallest absolute Gasteiger partial charge is 0.265 e. The maximum atomic E-state index is 12.0. The molecule has 1 amide bonds. The highest BCUT2D eigenvalue weighted by atomic mass is 16.5. The van der Waals surface area contributed by atoms with Gasteiger partial charge >= 0.3 is 0 Å². The Kier molecular flexibility index (Phi) is 4.13. The third-order valence-electron chi connectivity index (χ3n) is 2.70. The molecule has 2 aromatic rings. The second-order valence-electron chi connectivity index (χ2n) is 4.26. The minimum absolute atomic E-state index is 0.198. The van der Waals surface area contributed by atoms with E-state index in [0.717, 1.165) is 11.3 Å². The van der Waals surface area contributed by atoms with E-state index >= 15 is 0 Å². The number of para-hydroxylation sites is 1. The van der Waals surface area contributed by atoms with Crippen LogP contribution < -0.4 is 10.1 Å². The van der Waals surface area contributed by atoms with E-state index in [-0.39, 0.29) is 5.91 Å². The van der Waals surface area contributed by atoms with Gasteiger partial charge in [-0.15, -0.1) is 0 Å². The lowest BCUT2D eigenvalue weighted by molar-refractivity contribution is -0.122. The summed E-state index contributed by atoms with van der Waals surface area (Å²) < 4.78 is 5.65. The molecule has 19 heavy (non-hydrogen) atoms. The summed E-state index contributed by atoms with van der Waals surface area (Å²) in [6, 6.07) is 11.2. The molecule has 0 aliphatic rings. The minimum Gasteiger partial charge on any atom is -0.481 e. The highest BCUT2D eigenvalue weighted by Gasteiger charge is 2.15. The second kappa shape index (κ2) is 6.00. The van der Waals surface area contributed by atoms with Gasteiger partial charge in [0, 0.05) is 6.20 Å². The van der Waals surface area contributed by atoms with Crippen LogP contribution >= 0.6 is 0 Å². The molecule has 2 rings (SSSR count). The fourth-order valence-corrected chi connectivity index (χ4v) is 1.61. The van der Waals surface area contributed by atoms with Gasteiger partial charge in [0.1, 0.15) is 5.75 Å². The highest BCUT2D eigenvalue weighted by molar-refractivity contribution is 5.93. The number of ether oxygens (including phenoxy) is 1. The highest BCUT2D eigenvalue weighted by Crippen LogP contribution is 2.18. The lowest BCUT2D eigenvalue weighted by Crippen LogP contribution is -2.30. The number of amides is 1. The number of rotatable bonds is 4. The summed E-state index contributed by atoms with van der Waals surface area (Å²) in [5, 5.41) is 2.75. The van der Waals surface area contributed by atoms with Gasteiger partial charge in [-0.25, -0.2) is 0 Å². The van der Waals surface area contributed by atoms with Gasteiger partial charge in [0.25, 0.3) is 5.91 Å². The Balaban J connectivity index is 1.98. The van der Waals surface area contributed by atoms with E-state index in [0.29, 0.717) is 5.69 Å². The van der Waals surface area contributed by atoms with Crippen molar-refractivity contribution >= 4 is 11.6 Å². The van der Waals surface area contributed by atoms with Gasteiger partial charge in [-0.1, -0.05) is 18.2 Å². The van der Waals surface area contributed by atoms with E-state index in [1.807, 2.05) is 31.2 Å². The average molecular weight is 256 g/mol. The SMILES string of the molecule is Cc1ccccc1O[C@@H](C)C(=O)Nc1cccnc1. The van der Waals surface area contributed by atoms with Gasteiger partial charge in [0.05, 0.1) is 11.9 Å². The fraction of sp³-hybridized carbons (Fsp3) is 0.200. The number of carbonyl (C=O) groups excluding carboxylic acids is 1. The Hall–Kier alpha value is -2.36. The summed E-state index contributed by atoms with van der Waals surface area (Å²) >= 11 is 0. The Morgan fingerprint density at radius 1 is 1.26 bits per heavy atom. The molecule has 0 saturated carbocycles. The van der Waals surface area contributed by atoms with Crippen molar-refractivity contribution < 1.29 is 9.53 Å². The molecule has 4 nitrogen and oxygen atoms in total. The van der Waals surface area contributed by atoms with Crippen molar-refractivity contribution in [2.45, 2.75) is 20.0 Å². The topological polar surface area (TPSA) is 51.2 Å². The zero-order chi connectivity index (χ0) is 13.7. The predicted molar refractivity (Wildman–Crippen MR) is 74.1 cm³/mol. The van der Waals surface area contributed by atoms with Crippen LogP contribution in [0, 0.1) is 6.92 Å². The van der Waals surface area contributed by atoms with Crippen LogP contribution in [-0.2, 0) is 4.79 Å². The van der Waals surface area contributed by atoms with E-state index in [1.54, 1.807) is 31.5 Å². The van der Waals surface area contributed by atoms with E-state index in [1.165, 1.54) is 0 Å². The van der Waals surface area contributed by atoms with Crippen molar-refractivity contribution in [2.75, 3.05) is 5.32 Å². The molecule has 0 aliphatic carbocycles. The van der Waals surface area contributed by atoms with E-state index in [4.69, 9.17) is 4.74 Å². The normalized spacial score (nSPS) is 11.7. The lowest BCUT2D eigenvalue weighted by Gasteiger charge is -2.16. The third kappa shape index (κ3) is 3.55. The zero-order valence-electron chi connectivity index (χ0n) is 11.0. The number of benzene rings is 1.